The van der Waals surface area contributed by atoms with Gasteiger partial charge in [0.25, 0.3) is 0 Å². The van der Waals surface area contributed by atoms with Crippen molar-refractivity contribution in [1.82, 2.24) is 15.5 Å². The van der Waals surface area contributed by atoms with Gasteiger partial charge in [0.2, 0.25) is 17.6 Å². The highest BCUT2D eigenvalue weighted by molar-refractivity contribution is 7.08. The predicted octanol–water partition coefficient (Wildman–Crippen LogP) is 2.41. The molecule has 2 aromatic heterocycles. The van der Waals surface area contributed by atoms with Crippen LogP contribution in [0.5, 0.6) is 0 Å². The Morgan fingerprint density at radius 1 is 1.59 bits per heavy atom. The van der Waals surface area contributed by atoms with E-state index < -0.39 is 0 Å². The monoisotopic (exact) mass is 321 g/mol. The highest BCUT2D eigenvalue weighted by Crippen LogP contribution is 2.19. The molecule has 0 saturated carbocycles. The number of carbonyl (C=O) groups excluding carboxylic acids is 1. The number of nitrogens with zero attached hydrogens (tertiary/aromatic N) is 2. The van der Waals surface area contributed by atoms with Gasteiger partial charge in [-0.15, -0.1) is 0 Å². The highest BCUT2D eigenvalue weighted by atomic mass is 32.1. The zero-order valence-electron chi connectivity index (χ0n) is 12.4. The highest BCUT2D eigenvalue weighted by Gasteiger charge is 2.23. The summed E-state index contributed by atoms with van der Waals surface area (Å²) in [6.45, 7) is 2.77. The second kappa shape index (κ2) is 7.02. The third-order valence-corrected chi connectivity index (χ3v) is 4.41. The van der Waals surface area contributed by atoms with Crippen LogP contribution in [0.4, 0.5) is 0 Å². The van der Waals surface area contributed by atoms with Gasteiger partial charge in [-0.25, -0.2) is 0 Å². The summed E-state index contributed by atoms with van der Waals surface area (Å²) in [4.78, 5) is 16.3. The average molecular weight is 321 g/mol. The van der Waals surface area contributed by atoms with E-state index in [-0.39, 0.29) is 18.1 Å². The first-order chi connectivity index (χ1) is 10.7. The van der Waals surface area contributed by atoms with Crippen molar-refractivity contribution in [2.75, 3.05) is 6.61 Å². The molecule has 1 fully saturated rings. The van der Waals surface area contributed by atoms with Crippen molar-refractivity contribution in [3.8, 4) is 11.4 Å². The first kappa shape index (κ1) is 15.2. The Hall–Kier alpha value is -1.73. The number of carbonyl (C=O) groups is 1. The second-order valence-corrected chi connectivity index (χ2v) is 6.21. The Kier molecular flexibility index (Phi) is 4.84. The van der Waals surface area contributed by atoms with Crippen molar-refractivity contribution in [3.05, 3.63) is 22.7 Å². The molecule has 0 aliphatic carbocycles. The molecule has 1 aliphatic heterocycles. The minimum Gasteiger partial charge on any atom is -0.376 e. The van der Waals surface area contributed by atoms with Crippen LogP contribution in [0, 0.1) is 0 Å². The molecule has 2 atom stereocenters. The minimum atomic E-state index is -0.0155. The first-order valence-electron chi connectivity index (χ1n) is 7.48. The van der Waals surface area contributed by atoms with Crippen molar-refractivity contribution < 1.29 is 14.1 Å². The fourth-order valence-corrected chi connectivity index (χ4v) is 3.14. The van der Waals surface area contributed by atoms with Crippen LogP contribution in [0.3, 0.4) is 0 Å². The van der Waals surface area contributed by atoms with Crippen LogP contribution in [-0.2, 0) is 16.0 Å². The fraction of sp³-hybridized carbons (Fsp3) is 0.533. The van der Waals surface area contributed by atoms with Gasteiger partial charge in [0.1, 0.15) is 0 Å². The summed E-state index contributed by atoms with van der Waals surface area (Å²) < 4.78 is 10.8. The number of rotatable bonds is 6. The predicted molar refractivity (Wildman–Crippen MR) is 82.5 cm³/mol. The van der Waals surface area contributed by atoms with Crippen molar-refractivity contribution in [2.45, 2.75) is 44.8 Å². The van der Waals surface area contributed by atoms with Gasteiger partial charge in [-0.05, 0) is 31.2 Å². The van der Waals surface area contributed by atoms with E-state index in [1.165, 1.54) is 0 Å². The fourth-order valence-electron chi connectivity index (χ4n) is 2.50. The molecular weight excluding hydrogens is 302 g/mol. The van der Waals surface area contributed by atoms with Gasteiger partial charge in [0.05, 0.1) is 12.1 Å². The van der Waals surface area contributed by atoms with Gasteiger partial charge in [-0.3, -0.25) is 4.79 Å². The normalized spacial score (nSPS) is 19.2. The molecule has 3 rings (SSSR count). The molecule has 1 saturated heterocycles. The van der Waals surface area contributed by atoms with Gasteiger partial charge in [-0.1, -0.05) is 5.16 Å². The summed E-state index contributed by atoms with van der Waals surface area (Å²) in [6.07, 6.45) is 2.99. The number of thiophene rings is 1. The lowest BCUT2D eigenvalue weighted by Gasteiger charge is -2.19. The van der Waals surface area contributed by atoms with Crippen LogP contribution in [0.2, 0.25) is 0 Å². The van der Waals surface area contributed by atoms with Crippen molar-refractivity contribution >= 4 is 17.2 Å². The molecule has 2 aromatic rings. The van der Waals surface area contributed by atoms with Gasteiger partial charge >= 0.3 is 0 Å². The molecule has 6 nitrogen and oxygen atoms in total. The Balaban J connectivity index is 1.46. The van der Waals surface area contributed by atoms with E-state index in [0.717, 1.165) is 25.0 Å². The molecule has 0 aromatic carbocycles. The number of hydrogen-bond donors (Lipinski definition) is 1. The van der Waals surface area contributed by atoms with Gasteiger partial charge in [0.15, 0.2) is 0 Å². The van der Waals surface area contributed by atoms with E-state index in [4.69, 9.17) is 9.26 Å². The Morgan fingerprint density at radius 3 is 3.23 bits per heavy atom. The van der Waals surface area contributed by atoms with Crippen LogP contribution in [0.15, 0.2) is 21.3 Å². The second-order valence-electron chi connectivity index (χ2n) is 5.43. The lowest BCUT2D eigenvalue weighted by atomic mass is 10.1. The number of nitrogens with one attached hydrogen (secondary N) is 1. The van der Waals surface area contributed by atoms with Crippen molar-refractivity contribution in [3.63, 3.8) is 0 Å². The summed E-state index contributed by atoms with van der Waals surface area (Å²) in [7, 11) is 0. The van der Waals surface area contributed by atoms with E-state index in [1.807, 2.05) is 23.8 Å². The van der Waals surface area contributed by atoms with Gasteiger partial charge in [0, 0.05) is 30.4 Å². The molecule has 1 amide bonds. The molecule has 7 heteroatoms. The zero-order valence-corrected chi connectivity index (χ0v) is 13.3. The first-order valence-corrected chi connectivity index (χ1v) is 8.43. The number of aromatic nitrogens is 2. The van der Waals surface area contributed by atoms with E-state index in [1.54, 1.807) is 11.3 Å². The summed E-state index contributed by atoms with van der Waals surface area (Å²) in [5, 5.41) is 10.8. The van der Waals surface area contributed by atoms with Crippen LogP contribution in [-0.4, -0.2) is 34.8 Å². The van der Waals surface area contributed by atoms with E-state index in [9.17, 15) is 4.79 Å². The quantitative estimate of drug-likeness (QED) is 0.884. The molecule has 22 heavy (non-hydrogen) atoms. The maximum absolute atomic E-state index is 12.0. The molecule has 0 spiro atoms. The lowest BCUT2D eigenvalue weighted by molar-refractivity contribution is -0.122. The standard InChI is InChI=1S/C15H19N3O3S/c1-10(12-3-2-7-20-12)16-13(19)4-5-14-17-15(18-21-14)11-6-8-22-9-11/h6,8-10,12H,2-5,7H2,1H3,(H,16,19)/t10-,12+/m0/s1. The third kappa shape index (κ3) is 3.72. The summed E-state index contributed by atoms with van der Waals surface area (Å²) in [5.41, 5.74) is 0.941. The van der Waals surface area contributed by atoms with E-state index in [2.05, 4.69) is 15.5 Å². The van der Waals surface area contributed by atoms with Crippen LogP contribution < -0.4 is 5.32 Å². The number of hydrogen-bond acceptors (Lipinski definition) is 6. The topological polar surface area (TPSA) is 77.3 Å². The smallest absolute Gasteiger partial charge is 0.227 e. The third-order valence-electron chi connectivity index (χ3n) is 3.72. The average Bonchev–Trinajstić information content (AvgIpc) is 3.25. The summed E-state index contributed by atoms with van der Waals surface area (Å²) in [5.74, 6) is 1.05. The largest absolute Gasteiger partial charge is 0.376 e. The SMILES string of the molecule is C[C@H](NC(=O)CCc1nc(-c2ccsc2)no1)[C@H]1CCCO1. The van der Waals surface area contributed by atoms with Crippen molar-refractivity contribution in [2.24, 2.45) is 0 Å². The van der Waals surface area contributed by atoms with Crippen LogP contribution >= 0.6 is 11.3 Å². The molecule has 0 bridgehead atoms. The molecule has 118 valence electrons. The van der Waals surface area contributed by atoms with Gasteiger partial charge < -0.3 is 14.6 Å². The molecule has 1 aliphatic rings. The maximum Gasteiger partial charge on any atom is 0.227 e. The lowest BCUT2D eigenvalue weighted by Crippen LogP contribution is -2.40. The molecule has 0 unspecified atom stereocenters. The minimum absolute atomic E-state index is 0.0155. The molecule has 0 radical (unpaired) electrons. The van der Waals surface area contributed by atoms with E-state index in [0.29, 0.717) is 24.6 Å². The molecule has 1 N–H and O–H groups in total. The van der Waals surface area contributed by atoms with Crippen LogP contribution in [0.25, 0.3) is 11.4 Å². The van der Waals surface area contributed by atoms with Crippen molar-refractivity contribution in [1.29, 1.82) is 0 Å². The summed E-state index contributed by atoms with van der Waals surface area (Å²) >= 11 is 1.58. The molecular formula is C15H19N3O3S. The number of amides is 1. The maximum atomic E-state index is 12.0. The Morgan fingerprint density at radius 2 is 2.50 bits per heavy atom. The number of aryl methyl sites for hydroxylation is 1. The van der Waals surface area contributed by atoms with Gasteiger partial charge in [-0.2, -0.15) is 16.3 Å². The zero-order chi connectivity index (χ0) is 15.4. The number of ether oxygens (including phenoxy) is 1. The Labute approximate surface area is 132 Å². The van der Waals surface area contributed by atoms with Crippen LogP contribution in [0.1, 0.15) is 32.1 Å². The Bertz CT molecular complexity index is 605. The van der Waals surface area contributed by atoms with E-state index >= 15 is 0 Å². The molecule has 3 heterocycles. The summed E-state index contributed by atoms with van der Waals surface area (Å²) in [6, 6.07) is 1.98.